The first-order valence-electron chi connectivity index (χ1n) is 12.9. The molecular weight excluding hydrogens is 531 g/mol. The van der Waals surface area contributed by atoms with E-state index >= 15 is 0 Å². The summed E-state index contributed by atoms with van der Waals surface area (Å²) in [6.45, 7) is 4.44. The van der Waals surface area contributed by atoms with E-state index in [1.165, 1.54) is 37.6 Å². The average Bonchev–Trinajstić information content (AvgIpc) is 3.46. The van der Waals surface area contributed by atoms with Crippen LogP contribution >= 0.6 is 0 Å². The maximum Gasteiger partial charge on any atom is 0.320 e. The summed E-state index contributed by atoms with van der Waals surface area (Å²) in [6.07, 6.45) is 2.79. The highest BCUT2D eigenvalue weighted by Crippen LogP contribution is 2.28. The largest absolute Gasteiger partial charge is 0.469 e. The summed E-state index contributed by atoms with van der Waals surface area (Å²) < 4.78 is 29.1. The van der Waals surface area contributed by atoms with Gasteiger partial charge >= 0.3 is 23.8 Å². The van der Waals surface area contributed by atoms with E-state index in [9.17, 15) is 14.0 Å². The Bertz CT molecular complexity index is 1460. The molecule has 0 saturated heterocycles. The predicted octanol–water partition coefficient (Wildman–Crippen LogP) is 5.81. The maximum absolute atomic E-state index is 13.1. The summed E-state index contributed by atoms with van der Waals surface area (Å²) in [6, 6.07) is 16.1. The van der Waals surface area contributed by atoms with E-state index < -0.39 is 11.3 Å². The lowest BCUT2D eigenvalue weighted by Gasteiger charge is -2.28. The number of ether oxygens (including phenoxy) is 2. The number of nitrogens with zero attached hydrogens (tertiary/aromatic N) is 4. The van der Waals surface area contributed by atoms with Crippen molar-refractivity contribution in [3.63, 3.8) is 0 Å². The van der Waals surface area contributed by atoms with Crippen LogP contribution in [-0.4, -0.2) is 47.8 Å². The van der Waals surface area contributed by atoms with Gasteiger partial charge in [0.15, 0.2) is 0 Å². The first-order valence-corrected chi connectivity index (χ1v) is 12.9. The van der Waals surface area contributed by atoms with Gasteiger partial charge in [0.1, 0.15) is 23.1 Å². The third kappa shape index (κ3) is 7.56. The zero-order chi connectivity index (χ0) is 29.4. The summed E-state index contributed by atoms with van der Waals surface area (Å²) in [5.74, 6) is 0.354. The molecule has 2 aromatic carbocycles. The third-order valence-electron chi connectivity index (χ3n) is 6.63. The fourth-order valence-corrected chi connectivity index (χ4v) is 3.80. The number of carbonyl (C=O) groups excluding carboxylic acids is 2. The first kappa shape index (κ1) is 29.0. The molecule has 2 heterocycles. The van der Waals surface area contributed by atoms with Crippen LogP contribution in [-0.2, 0) is 9.53 Å². The Morgan fingerprint density at radius 3 is 2.27 bits per heavy atom. The summed E-state index contributed by atoms with van der Waals surface area (Å²) in [5, 5.41) is 13.3. The van der Waals surface area contributed by atoms with Crippen LogP contribution in [0.25, 0.3) is 0 Å². The van der Waals surface area contributed by atoms with Crippen LogP contribution in [0.3, 0.4) is 0 Å². The Morgan fingerprint density at radius 2 is 1.66 bits per heavy atom. The van der Waals surface area contributed by atoms with Crippen molar-refractivity contribution in [2.24, 2.45) is 5.41 Å². The van der Waals surface area contributed by atoms with Gasteiger partial charge in [0.2, 0.25) is 0 Å². The van der Waals surface area contributed by atoms with Gasteiger partial charge in [-0.05, 0) is 80.4 Å². The Balaban J connectivity index is 1.29. The molecule has 0 radical (unpaired) electrons. The molecule has 0 aliphatic heterocycles. The topological polar surface area (TPSA) is 132 Å². The number of carbonyl (C=O) groups is 2. The lowest BCUT2D eigenvalue weighted by Crippen LogP contribution is -2.33. The molecule has 4 rings (SSSR count). The van der Waals surface area contributed by atoms with Gasteiger partial charge in [0.25, 0.3) is 0 Å². The molecule has 0 saturated carbocycles. The van der Waals surface area contributed by atoms with Crippen molar-refractivity contribution in [1.29, 1.82) is 0 Å². The minimum Gasteiger partial charge on any atom is -0.469 e. The number of hydrogen-bond acceptors (Lipinski definition) is 10. The number of amides is 1. The normalized spacial score (nSPS) is 12.2. The van der Waals surface area contributed by atoms with Crippen LogP contribution in [0.5, 0.6) is 11.5 Å². The number of anilines is 4. The summed E-state index contributed by atoms with van der Waals surface area (Å²) >= 11 is 0. The number of hydrogen-bond donors (Lipinski definition) is 2. The molecule has 11 nitrogen and oxygen atoms in total. The third-order valence-corrected chi connectivity index (χ3v) is 6.63. The molecular formula is C29H31FN6O5. The second-order valence-corrected chi connectivity index (χ2v) is 9.55. The minimum atomic E-state index is -0.590. The van der Waals surface area contributed by atoms with Gasteiger partial charge in [-0.2, -0.15) is 0 Å². The quantitative estimate of drug-likeness (QED) is 0.204. The van der Waals surface area contributed by atoms with Crippen molar-refractivity contribution in [3.8, 4) is 11.5 Å². The average molecular weight is 563 g/mol. The van der Waals surface area contributed by atoms with Gasteiger partial charge in [-0.3, -0.25) is 9.59 Å². The van der Waals surface area contributed by atoms with E-state index in [4.69, 9.17) is 13.9 Å². The molecule has 0 aliphatic rings. The molecule has 0 bridgehead atoms. The Hall–Kier alpha value is -5.00. The maximum atomic E-state index is 13.1. The SMILES string of the molecule is CCC(C)(CCN(C)c1ccc(NC(=O)c2nnc(Nc3ccc(Oc4ccc(F)cc4)cc3)o2)cn1)C(=O)OC. The number of rotatable bonds is 12. The van der Waals surface area contributed by atoms with Crippen molar-refractivity contribution in [1.82, 2.24) is 15.2 Å². The van der Waals surface area contributed by atoms with Crippen LogP contribution < -0.4 is 20.3 Å². The predicted molar refractivity (Wildman–Crippen MR) is 151 cm³/mol. The molecule has 0 fully saturated rings. The highest BCUT2D eigenvalue weighted by atomic mass is 19.1. The number of esters is 1. The van der Waals surface area contributed by atoms with Gasteiger partial charge in [-0.15, -0.1) is 5.10 Å². The van der Waals surface area contributed by atoms with Crippen LogP contribution in [0.4, 0.5) is 27.6 Å². The Labute approximate surface area is 236 Å². The molecule has 214 valence electrons. The second kappa shape index (κ2) is 12.9. The molecule has 0 aliphatic carbocycles. The smallest absolute Gasteiger partial charge is 0.320 e. The van der Waals surface area contributed by atoms with Gasteiger partial charge in [0.05, 0.1) is 24.4 Å². The number of halogens is 1. The Morgan fingerprint density at radius 1 is 1.00 bits per heavy atom. The highest BCUT2D eigenvalue weighted by Gasteiger charge is 2.32. The zero-order valence-electron chi connectivity index (χ0n) is 23.2. The number of methoxy groups -OCH3 is 1. The van der Waals surface area contributed by atoms with Crippen molar-refractivity contribution in [2.75, 3.05) is 36.2 Å². The minimum absolute atomic E-state index is 0.0310. The number of pyridine rings is 1. The van der Waals surface area contributed by atoms with Crippen LogP contribution in [0.2, 0.25) is 0 Å². The molecule has 12 heteroatoms. The van der Waals surface area contributed by atoms with E-state index in [1.54, 1.807) is 36.4 Å². The van der Waals surface area contributed by atoms with Crippen molar-refractivity contribution in [3.05, 3.63) is 78.6 Å². The fourth-order valence-electron chi connectivity index (χ4n) is 3.80. The highest BCUT2D eigenvalue weighted by molar-refractivity contribution is 6.00. The summed E-state index contributed by atoms with van der Waals surface area (Å²) in [7, 11) is 3.28. The van der Waals surface area contributed by atoms with Gasteiger partial charge < -0.3 is 29.4 Å². The van der Waals surface area contributed by atoms with Crippen LogP contribution in [0, 0.1) is 11.2 Å². The van der Waals surface area contributed by atoms with E-state index in [-0.39, 0.29) is 23.7 Å². The van der Waals surface area contributed by atoms with Gasteiger partial charge in [-0.1, -0.05) is 12.0 Å². The Kier molecular flexibility index (Phi) is 9.12. The van der Waals surface area contributed by atoms with E-state index in [0.29, 0.717) is 48.1 Å². The zero-order valence-corrected chi connectivity index (χ0v) is 23.2. The van der Waals surface area contributed by atoms with Crippen molar-refractivity contribution in [2.45, 2.75) is 26.7 Å². The van der Waals surface area contributed by atoms with Crippen LogP contribution in [0.1, 0.15) is 37.4 Å². The monoisotopic (exact) mass is 562 g/mol. The number of aromatic nitrogens is 3. The molecule has 2 aromatic heterocycles. The molecule has 4 aromatic rings. The molecule has 0 spiro atoms. The van der Waals surface area contributed by atoms with E-state index in [2.05, 4.69) is 25.8 Å². The lowest BCUT2D eigenvalue weighted by molar-refractivity contribution is -0.152. The van der Waals surface area contributed by atoms with Gasteiger partial charge in [0, 0.05) is 19.3 Å². The molecule has 1 atom stereocenters. The van der Waals surface area contributed by atoms with Crippen molar-refractivity contribution >= 4 is 35.1 Å². The van der Waals surface area contributed by atoms with E-state index in [1.807, 2.05) is 25.8 Å². The summed E-state index contributed by atoms with van der Waals surface area (Å²) in [4.78, 5) is 31.1. The lowest BCUT2D eigenvalue weighted by atomic mass is 9.84. The fraction of sp³-hybridized carbons (Fsp3) is 0.276. The molecule has 41 heavy (non-hydrogen) atoms. The van der Waals surface area contributed by atoms with Crippen molar-refractivity contribution < 1.29 is 27.9 Å². The van der Waals surface area contributed by atoms with E-state index in [0.717, 1.165) is 0 Å². The number of nitrogens with one attached hydrogen (secondary N) is 2. The molecule has 2 N–H and O–H groups in total. The standard InChI is InChI=1S/C29H31FN6O5/c1-5-29(2,27(38)39-4)16-17-36(3)24-15-10-21(18-31-24)32-25(37)26-34-35-28(41-26)33-20-8-13-23(14-9-20)40-22-11-6-19(30)7-12-22/h6-15,18H,5,16-17H2,1-4H3,(H,32,37)(H,33,35). The molecule has 1 unspecified atom stereocenters. The van der Waals surface area contributed by atoms with Crippen LogP contribution in [0.15, 0.2) is 71.3 Å². The molecule has 1 amide bonds. The first-order chi connectivity index (χ1) is 19.7. The number of benzene rings is 2. The second-order valence-electron chi connectivity index (χ2n) is 9.55. The van der Waals surface area contributed by atoms with Gasteiger partial charge in [-0.25, -0.2) is 9.37 Å². The summed E-state index contributed by atoms with van der Waals surface area (Å²) in [5.41, 5.74) is 0.504.